The van der Waals surface area contributed by atoms with Crippen molar-refractivity contribution >= 4 is 16.7 Å². The molecule has 0 saturated carbocycles. The van der Waals surface area contributed by atoms with Gasteiger partial charge in [-0.05, 0) is 48.2 Å². The first kappa shape index (κ1) is 26.0. The molecule has 0 spiro atoms. The first-order chi connectivity index (χ1) is 17.5. The predicted molar refractivity (Wildman–Crippen MR) is 144 cm³/mol. The van der Waals surface area contributed by atoms with Gasteiger partial charge in [0.15, 0.2) is 5.78 Å². The molecule has 185 valence electrons. The van der Waals surface area contributed by atoms with Gasteiger partial charge in [-0.3, -0.25) is 9.78 Å². The Morgan fingerprint density at radius 1 is 0.811 bits per heavy atom. The average molecular weight is 663 g/mol. The van der Waals surface area contributed by atoms with Crippen LogP contribution >= 0.6 is 0 Å². The first-order valence-corrected chi connectivity index (χ1v) is 11.7. The Morgan fingerprint density at radius 3 is 2.16 bits per heavy atom. The van der Waals surface area contributed by atoms with Crippen molar-refractivity contribution in [1.82, 2.24) is 4.98 Å². The molecule has 6 rings (SSSR count). The molecule has 4 aromatic carbocycles. The summed E-state index contributed by atoms with van der Waals surface area (Å²) in [7, 11) is 0. The molecule has 1 radical (unpaired) electrons. The fraction of sp³-hybridized carbons (Fsp3) is 0.0625. The summed E-state index contributed by atoms with van der Waals surface area (Å²) in [6.45, 7) is 2.85. The Kier molecular flexibility index (Phi) is 7.98. The minimum Gasteiger partial charge on any atom is -0.512 e. The van der Waals surface area contributed by atoms with Gasteiger partial charge in [-0.15, -0.1) is 17.7 Å². The van der Waals surface area contributed by atoms with Crippen molar-refractivity contribution in [2.75, 3.05) is 0 Å². The summed E-state index contributed by atoms with van der Waals surface area (Å²) in [5.41, 5.74) is 7.26. The number of allylic oxidation sites excluding steroid dienone is 2. The number of ether oxygens (including phenoxy) is 1. The van der Waals surface area contributed by atoms with Crippen molar-refractivity contribution in [2.24, 2.45) is 0 Å². The number of ketones is 1. The van der Waals surface area contributed by atoms with E-state index in [0.29, 0.717) is 0 Å². The number of aromatic nitrogens is 1. The van der Waals surface area contributed by atoms with Crippen LogP contribution in [0.3, 0.4) is 0 Å². The summed E-state index contributed by atoms with van der Waals surface area (Å²) in [4.78, 5) is 14.8. The van der Waals surface area contributed by atoms with Gasteiger partial charge in [-0.1, -0.05) is 84.4 Å². The molecule has 2 heterocycles. The monoisotopic (exact) mass is 663 g/mol. The van der Waals surface area contributed by atoms with Crippen LogP contribution < -0.4 is 4.74 Å². The van der Waals surface area contributed by atoms with Gasteiger partial charge in [0.25, 0.3) is 0 Å². The molecule has 0 bridgehead atoms. The maximum Gasteiger partial charge on any atom is 0.155 e. The van der Waals surface area contributed by atoms with Gasteiger partial charge in [0, 0.05) is 31.7 Å². The maximum atomic E-state index is 10.0. The van der Waals surface area contributed by atoms with Gasteiger partial charge in [0.2, 0.25) is 0 Å². The Bertz CT molecular complexity index is 1620. The Hall–Kier alpha value is -4.05. The number of pyridine rings is 1. The van der Waals surface area contributed by atoms with E-state index in [2.05, 4.69) is 48.5 Å². The van der Waals surface area contributed by atoms with Crippen LogP contribution in [0.15, 0.2) is 109 Å². The van der Waals surface area contributed by atoms with Gasteiger partial charge in [0.1, 0.15) is 5.75 Å². The number of carbonyl (C=O) groups excluding carboxylic acids is 1. The smallest absolute Gasteiger partial charge is 0.155 e. The molecular weight excluding hydrogens is 639 g/mol. The molecule has 1 aromatic heterocycles. The topological polar surface area (TPSA) is 59.4 Å². The van der Waals surface area contributed by atoms with Gasteiger partial charge >= 0.3 is 0 Å². The third-order valence-electron chi connectivity index (χ3n) is 5.81. The Morgan fingerprint density at radius 2 is 1.46 bits per heavy atom. The molecular formula is C32H24IrNO3-. The van der Waals surface area contributed by atoms with E-state index >= 15 is 0 Å². The Labute approximate surface area is 229 Å². The number of hydrogen-bond acceptors (Lipinski definition) is 4. The molecule has 0 fully saturated rings. The van der Waals surface area contributed by atoms with Crippen LogP contribution in [0.25, 0.3) is 44.4 Å². The van der Waals surface area contributed by atoms with Crippen molar-refractivity contribution in [3.8, 4) is 45.0 Å². The quantitative estimate of drug-likeness (QED) is 0.116. The second-order valence-corrected chi connectivity index (χ2v) is 8.55. The molecule has 37 heavy (non-hydrogen) atoms. The molecule has 1 aliphatic rings. The largest absolute Gasteiger partial charge is 0.512 e. The molecule has 0 amide bonds. The van der Waals surface area contributed by atoms with Crippen LogP contribution in [0.5, 0.6) is 11.5 Å². The van der Waals surface area contributed by atoms with E-state index in [-0.39, 0.29) is 31.6 Å². The molecule has 0 saturated heterocycles. The summed E-state index contributed by atoms with van der Waals surface area (Å²) in [5.74, 6) is 1.63. The molecule has 0 atom stereocenters. The van der Waals surface area contributed by atoms with Crippen molar-refractivity contribution in [3.05, 3.63) is 115 Å². The standard InChI is InChI=1S/C27H16NO.C5H8O2.Ir/c1-5-11-24-18(7-1)14-16-25(28-24)19-13-15-23-21-9-3-2-8-20(21)22-10-4-6-12-26(22)29-27(23)17-19;1-4(6)3-5(2)7;/h1-12,14-17H;3,6H,1-2H3;/q-1;;/b;4-3-;. The summed E-state index contributed by atoms with van der Waals surface area (Å²) < 4.78 is 6.39. The Balaban J connectivity index is 0.000000356. The third-order valence-corrected chi connectivity index (χ3v) is 5.81. The van der Waals surface area contributed by atoms with Gasteiger partial charge in [0.05, 0.1) is 17.0 Å². The number of rotatable bonds is 2. The van der Waals surface area contributed by atoms with E-state index in [1.54, 1.807) is 0 Å². The van der Waals surface area contributed by atoms with Crippen molar-refractivity contribution in [2.45, 2.75) is 13.8 Å². The van der Waals surface area contributed by atoms with E-state index in [0.717, 1.165) is 50.3 Å². The minimum absolute atomic E-state index is 0. The fourth-order valence-electron chi connectivity index (χ4n) is 4.27. The fourth-order valence-corrected chi connectivity index (χ4v) is 4.27. The van der Waals surface area contributed by atoms with Crippen LogP contribution in [0.2, 0.25) is 0 Å². The van der Waals surface area contributed by atoms with Crippen LogP contribution in [-0.4, -0.2) is 15.9 Å². The van der Waals surface area contributed by atoms with Crippen LogP contribution in [-0.2, 0) is 24.9 Å². The molecule has 5 heteroatoms. The zero-order valence-corrected chi connectivity index (χ0v) is 22.8. The number of aliphatic hydroxyl groups is 1. The minimum atomic E-state index is -0.125. The molecule has 4 nitrogen and oxygen atoms in total. The molecule has 0 unspecified atom stereocenters. The molecule has 5 aromatic rings. The second-order valence-electron chi connectivity index (χ2n) is 8.55. The second kappa shape index (κ2) is 11.3. The number of carbonyl (C=O) groups is 1. The maximum absolute atomic E-state index is 10.0. The van der Waals surface area contributed by atoms with Crippen LogP contribution in [0.4, 0.5) is 0 Å². The number of para-hydroxylation sites is 2. The van der Waals surface area contributed by atoms with E-state index in [1.165, 1.54) is 25.5 Å². The van der Waals surface area contributed by atoms with Crippen molar-refractivity contribution < 1.29 is 34.7 Å². The SMILES string of the molecule is CC(=O)/C=C(/C)O.[Ir].[c-]1cc2c(cc1-c1ccc3ccccc3n1)Oc1ccccc1-c1ccccc1-2. The number of hydrogen-bond donors (Lipinski definition) is 1. The summed E-state index contributed by atoms with van der Waals surface area (Å²) in [6, 6.07) is 36.4. The van der Waals surface area contributed by atoms with E-state index < -0.39 is 0 Å². The van der Waals surface area contributed by atoms with Gasteiger partial charge in [-0.2, -0.15) is 0 Å². The van der Waals surface area contributed by atoms with Crippen LogP contribution in [0.1, 0.15) is 13.8 Å². The zero-order valence-electron chi connectivity index (χ0n) is 20.4. The third kappa shape index (κ3) is 5.69. The predicted octanol–water partition coefficient (Wildman–Crippen LogP) is 8.18. The van der Waals surface area contributed by atoms with E-state index in [4.69, 9.17) is 14.8 Å². The first-order valence-electron chi connectivity index (χ1n) is 11.7. The number of aliphatic hydroxyl groups excluding tert-OH is 1. The normalized spacial score (nSPS) is 11.4. The van der Waals surface area contributed by atoms with Gasteiger partial charge < -0.3 is 9.84 Å². The van der Waals surface area contributed by atoms with Gasteiger partial charge in [-0.25, -0.2) is 0 Å². The van der Waals surface area contributed by atoms with E-state index in [1.807, 2.05) is 54.6 Å². The van der Waals surface area contributed by atoms with Crippen molar-refractivity contribution in [3.63, 3.8) is 0 Å². The van der Waals surface area contributed by atoms with Crippen LogP contribution in [0, 0.1) is 6.07 Å². The summed E-state index contributed by atoms with van der Waals surface area (Å²) >= 11 is 0. The molecule has 1 aliphatic heterocycles. The van der Waals surface area contributed by atoms with Crippen molar-refractivity contribution in [1.29, 1.82) is 0 Å². The molecule has 0 aliphatic carbocycles. The summed E-state index contributed by atoms with van der Waals surface area (Å²) in [5, 5.41) is 9.49. The summed E-state index contributed by atoms with van der Waals surface area (Å²) in [6.07, 6.45) is 1.17. The zero-order chi connectivity index (χ0) is 25.1. The molecule has 1 N–H and O–H groups in total. The number of fused-ring (bicyclic) bond motifs is 6. The number of nitrogens with zero attached hydrogens (tertiary/aromatic N) is 1. The van der Waals surface area contributed by atoms with E-state index in [9.17, 15) is 4.79 Å². The number of benzene rings is 4. The average Bonchev–Trinajstić information content (AvgIpc) is 3.02.